The summed E-state index contributed by atoms with van der Waals surface area (Å²) in [5.41, 5.74) is 0.0464. The normalized spacial score (nSPS) is 30.8. The van der Waals surface area contributed by atoms with Gasteiger partial charge in [0, 0.05) is 0 Å². The van der Waals surface area contributed by atoms with Gasteiger partial charge in [-0.25, -0.2) is 0 Å². The molecule has 0 aromatic rings. The molecule has 0 atom stereocenters. The highest BCUT2D eigenvalue weighted by Crippen LogP contribution is 2.51. The summed E-state index contributed by atoms with van der Waals surface area (Å²) in [5, 5.41) is 10.1. The fraction of sp³-hybridized carbons (Fsp3) is 0.963. The molecule has 2 saturated carbocycles. The van der Waals surface area contributed by atoms with Crippen LogP contribution in [-0.2, 0) is 0 Å². The van der Waals surface area contributed by atoms with Gasteiger partial charge in [-0.15, -0.1) is 0 Å². The Labute approximate surface area is 177 Å². The maximum Gasteiger partial charge on any atom is 0.0692 e. The van der Waals surface area contributed by atoms with Gasteiger partial charge in [-0.05, 0) is 56.3 Å². The third-order valence-electron chi connectivity index (χ3n) is 8.28. The zero-order valence-electron chi connectivity index (χ0n) is 19.3. The molecule has 162 valence electrons. The molecule has 0 saturated heterocycles. The zero-order chi connectivity index (χ0) is 20.1. The number of hydrogen-bond acceptors (Lipinski definition) is 1. The van der Waals surface area contributed by atoms with Crippen molar-refractivity contribution in [2.75, 3.05) is 0 Å². The van der Waals surface area contributed by atoms with Crippen LogP contribution >= 0.6 is 0 Å². The van der Waals surface area contributed by atoms with E-state index in [1.165, 1.54) is 128 Å². The minimum absolute atomic E-state index is 0.0464. The summed E-state index contributed by atoms with van der Waals surface area (Å²) in [7, 11) is 0. The molecule has 0 aliphatic heterocycles. The second kappa shape index (κ2) is 13.7. The molecule has 2 aliphatic carbocycles. The average molecular weight is 388 g/mol. The van der Waals surface area contributed by atoms with Crippen molar-refractivity contribution in [3.63, 3.8) is 0 Å². The molecule has 0 aromatic carbocycles. The van der Waals surface area contributed by atoms with E-state index >= 15 is 0 Å². The average Bonchev–Trinajstić information content (AvgIpc) is 2.74. The quantitative estimate of drug-likeness (QED) is 0.289. The fourth-order valence-corrected chi connectivity index (χ4v) is 6.17. The molecule has 2 rings (SSSR count). The Kier molecular flexibility index (Phi) is 11.6. The van der Waals surface area contributed by atoms with E-state index in [1.54, 1.807) is 0 Å². The van der Waals surface area contributed by atoms with Crippen LogP contribution in [-0.4, -0.2) is 0 Å². The van der Waals surface area contributed by atoms with Gasteiger partial charge in [-0.2, -0.15) is 5.26 Å². The summed E-state index contributed by atoms with van der Waals surface area (Å²) in [5.74, 6) is 2.59. The topological polar surface area (TPSA) is 23.8 Å². The lowest BCUT2D eigenvalue weighted by atomic mass is 9.59. The van der Waals surface area contributed by atoms with Gasteiger partial charge in [0.1, 0.15) is 0 Å². The van der Waals surface area contributed by atoms with E-state index in [0.29, 0.717) is 5.92 Å². The molecular weight excluding hydrogens is 338 g/mol. The van der Waals surface area contributed by atoms with Gasteiger partial charge in [0.2, 0.25) is 0 Å². The van der Waals surface area contributed by atoms with Gasteiger partial charge in [0.15, 0.2) is 0 Å². The minimum Gasteiger partial charge on any atom is -0.198 e. The second-order valence-electron chi connectivity index (χ2n) is 10.3. The van der Waals surface area contributed by atoms with Crippen molar-refractivity contribution in [1.82, 2.24) is 0 Å². The molecule has 0 radical (unpaired) electrons. The van der Waals surface area contributed by atoms with Crippen LogP contribution in [0.25, 0.3) is 0 Å². The molecule has 28 heavy (non-hydrogen) atoms. The highest BCUT2D eigenvalue weighted by atomic mass is 14.5. The van der Waals surface area contributed by atoms with Gasteiger partial charge >= 0.3 is 0 Å². The maximum absolute atomic E-state index is 10.1. The molecule has 0 spiro atoms. The minimum atomic E-state index is 0.0464. The summed E-state index contributed by atoms with van der Waals surface area (Å²) in [6, 6.07) is 2.87. The molecule has 0 heterocycles. The van der Waals surface area contributed by atoms with Crippen molar-refractivity contribution in [2.45, 2.75) is 142 Å². The number of rotatable bonds is 13. The largest absolute Gasteiger partial charge is 0.198 e. The number of nitriles is 1. The third-order valence-corrected chi connectivity index (χ3v) is 8.28. The molecule has 0 N–H and O–H groups in total. The zero-order valence-corrected chi connectivity index (χ0v) is 19.3. The van der Waals surface area contributed by atoms with E-state index in [4.69, 9.17) is 0 Å². The van der Waals surface area contributed by atoms with Crippen LogP contribution in [0, 0.1) is 34.5 Å². The van der Waals surface area contributed by atoms with Crippen molar-refractivity contribution in [1.29, 1.82) is 5.26 Å². The SMILES string of the molecule is CCCCCCCC1CCC(C2(C#N)CCC(CCCCCCC)CC2)CC1. The summed E-state index contributed by atoms with van der Waals surface area (Å²) < 4.78 is 0. The molecule has 0 unspecified atom stereocenters. The van der Waals surface area contributed by atoms with Crippen LogP contribution in [0.15, 0.2) is 0 Å². The Morgan fingerprint density at radius 3 is 1.57 bits per heavy atom. The Morgan fingerprint density at radius 2 is 1.11 bits per heavy atom. The predicted molar refractivity (Wildman–Crippen MR) is 122 cm³/mol. The van der Waals surface area contributed by atoms with Crippen LogP contribution in [0.3, 0.4) is 0 Å². The first kappa shape index (κ1) is 23.8. The van der Waals surface area contributed by atoms with Crippen LogP contribution in [0.1, 0.15) is 142 Å². The number of nitrogens with zero attached hydrogens (tertiary/aromatic N) is 1. The lowest BCUT2D eigenvalue weighted by Gasteiger charge is -2.43. The summed E-state index contributed by atoms with van der Waals surface area (Å²) in [4.78, 5) is 0. The monoisotopic (exact) mass is 387 g/mol. The molecule has 0 amide bonds. The molecule has 1 heteroatoms. The van der Waals surface area contributed by atoms with Crippen molar-refractivity contribution >= 4 is 0 Å². The van der Waals surface area contributed by atoms with Crippen molar-refractivity contribution in [2.24, 2.45) is 23.2 Å². The highest BCUT2D eigenvalue weighted by Gasteiger charge is 2.43. The molecule has 1 nitrogen and oxygen atoms in total. The molecule has 0 bridgehead atoms. The first-order valence-electron chi connectivity index (χ1n) is 13.1. The van der Waals surface area contributed by atoms with Gasteiger partial charge < -0.3 is 0 Å². The van der Waals surface area contributed by atoms with E-state index in [0.717, 1.165) is 11.8 Å². The van der Waals surface area contributed by atoms with Gasteiger partial charge in [-0.1, -0.05) is 104 Å². The van der Waals surface area contributed by atoms with Crippen molar-refractivity contribution < 1.29 is 0 Å². The van der Waals surface area contributed by atoms with E-state index in [9.17, 15) is 5.26 Å². The van der Waals surface area contributed by atoms with Crippen LogP contribution in [0.2, 0.25) is 0 Å². The Morgan fingerprint density at radius 1 is 0.643 bits per heavy atom. The number of unbranched alkanes of at least 4 members (excludes halogenated alkanes) is 8. The molecule has 0 aromatic heterocycles. The van der Waals surface area contributed by atoms with E-state index in [2.05, 4.69) is 19.9 Å². The van der Waals surface area contributed by atoms with Crippen molar-refractivity contribution in [3.8, 4) is 6.07 Å². The number of hydrogen-bond donors (Lipinski definition) is 0. The fourth-order valence-electron chi connectivity index (χ4n) is 6.17. The first-order valence-corrected chi connectivity index (χ1v) is 13.1. The van der Waals surface area contributed by atoms with Gasteiger partial charge in [-0.3, -0.25) is 0 Å². The van der Waals surface area contributed by atoms with Gasteiger partial charge in [0.25, 0.3) is 0 Å². The molecule has 2 fully saturated rings. The Balaban J connectivity index is 1.65. The summed E-state index contributed by atoms with van der Waals surface area (Å²) >= 11 is 0. The molecule has 2 aliphatic rings. The predicted octanol–water partition coefficient (Wildman–Crippen LogP) is 9.21. The van der Waals surface area contributed by atoms with Crippen LogP contribution < -0.4 is 0 Å². The summed E-state index contributed by atoms with van der Waals surface area (Å²) in [6.07, 6.45) is 27.6. The second-order valence-corrected chi connectivity index (χ2v) is 10.3. The smallest absolute Gasteiger partial charge is 0.0692 e. The van der Waals surface area contributed by atoms with Crippen LogP contribution in [0.5, 0.6) is 0 Å². The Hall–Kier alpha value is -0.510. The third kappa shape index (κ3) is 7.72. The first-order chi connectivity index (χ1) is 13.7. The lowest BCUT2D eigenvalue weighted by molar-refractivity contribution is 0.0841. The van der Waals surface area contributed by atoms with Gasteiger partial charge in [0.05, 0.1) is 11.5 Å². The standard InChI is InChI=1S/C27H49N/c1-3-5-7-9-11-13-24-15-17-26(18-16-24)27(23-28)21-19-25(20-22-27)14-12-10-8-6-4-2/h24-26H,3-22H2,1-2H3. The van der Waals surface area contributed by atoms with E-state index in [1.807, 2.05) is 0 Å². The Bertz CT molecular complexity index is 418. The summed E-state index contributed by atoms with van der Waals surface area (Å²) in [6.45, 7) is 4.59. The van der Waals surface area contributed by atoms with Crippen LogP contribution in [0.4, 0.5) is 0 Å². The highest BCUT2D eigenvalue weighted by molar-refractivity contribution is 5.06. The van der Waals surface area contributed by atoms with Crippen molar-refractivity contribution in [3.05, 3.63) is 0 Å². The van der Waals surface area contributed by atoms with E-state index in [-0.39, 0.29) is 5.41 Å². The van der Waals surface area contributed by atoms with E-state index < -0.39 is 0 Å². The lowest BCUT2D eigenvalue weighted by Crippen LogP contribution is -2.36. The molecular formula is C27H49N. The maximum atomic E-state index is 10.1.